The Morgan fingerprint density at radius 2 is 1.71 bits per heavy atom. The zero-order valence-corrected chi connectivity index (χ0v) is 13.2. The summed E-state index contributed by atoms with van der Waals surface area (Å²) in [7, 11) is 2.22. The van der Waals surface area contributed by atoms with Gasteiger partial charge in [0.15, 0.2) is 0 Å². The van der Waals surface area contributed by atoms with Crippen LogP contribution in [0.2, 0.25) is 0 Å². The fraction of sp³-hybridized carbons (Fsp3) is 0.611. The highest BCUT2D eigenvalue weighted by Crippen LogP contribution is 2.29. The first-order valence-electron chi connectivity index (χ1n) is 8.24. The van der Waals surface area contributed by atoms with Crippen LogP contribution in [0.4, 0.5) is 0 Å². The number of hydrogen-bond donors (Lipinski definition) is 0. The molecule has 2 heterocycles. The van der Waals surface area contributed by atoms with Crippen molar-refractivity contribution in [3.63, 3.8) is 0 Å². The molecular formula is C18H26N2O. The van der Waals surface area contributed by atoms with Crippen molar-refractivity contribution in [2.75, 3.05) is 20.1 Å². The summed E-state index contributed by atoms with van der Waals surface area (Å²) >= 11 is 0. The number of aryl methyl sites for hydroxylation is 1. The number of carbonyl (C=O) groups excluding carboxylic acids is 1. The number of carbonyl (C=O) groups is 1. The van der Waals surface area contributed by atoms with Crippen LogP contribution in [0, 0.1) is 6.92 Å². The van der Waals surface area contributed by atoms with Crippen LogP contribution in [0.15, 0.2) is 24.3 Å². The van der Waals surface area contributed by atoms with Gasteiger partial charge in [0, 0.05) is 24.2 Å². The van der Waals surface area contributed by atoms with E-state index in [0.717, 1.165) is 24.9 Å². The van der Waals surface area contributed by atoms with Crippen molar-refractivity contribution in [1.82, 2.24) is 9.80 Å². The third-order valence-electron chi connectivity index (χ3n) is 5.13. The number of rotatable bonds is 2. The summed E-state index contributed by atoms with van der Waals surface area (Å²) in [4.78, 5) is 17.4. The summed E-state index contributed by atoms with van der Waals surface area (Å²) in [5, 5.41) is 0. The summed E-state index contributed by atoms with van der Waals surface area (Å²) in [6.45, 7) is 4.15. The van der Waals surface area contributed by atoms with Crippen LogP contribution < -0.4 is 0 Å². The maximum Gasteiger partial charge on any atom is 0.254 e. The van der Waals surface area contributed by atoms with E-state index in [-0.39, 0.29) is 5.91 Å². The van der Waals surface area contributed by atoms with Crippen LogP contribution in [0.5, 0.6) is 0 Å². The van der Waals surface area contributed by atoms with Gasteiger partial charge in [-0.3, -0.25) is 4.79 Å². The summed E-state index contributed by atoms with van der Waals surface area (Å²) in [5.74, 6) is 0.219. The third-order valence-corrected chi connectivity index (χ3v) is 5.13. The van der Waals surface area contributed by atoms with Crippen molar-refractivity contribution >= 4 is 5.91 Å². The minimum absolute atomic E-state index is 0.219. The predicted molar refractivity (Wildman–Crippen MR) is 85.5 cm³/mol. The summed E-state index contributed by atoms with van der Waals surface area (Å²) < 4.78 is 0. The number of nitrogens with zero attached hydrogens (tertiary/aromatic N) is 2. The first-order chi connectivity index (χ1) is 10.2. The van der Waals surface area contributed by atoms with Gasteiger partial charge < -0.3 is 9.80 Å². The van der Waals surface area contributed by atoms with Gasteiger partial charge >= 0.3 is 0 Å². The van der Waals surface area contributed by atoms with Gasteiger partial charge in [0.05, 0.1) is 0 Å². The molecule has 2 atom stereocenters. The summed E-state index contributed by atoms with van der Waals surface area (Å²) in [6, 6.07) is 8.96. The number of hydrogen-bond acceptors (Lipinski definition) is 2. The molecule has 2 aliphatic heterocycles. The zero-order valence-electron chi connectivity index (χ0n) is 13.2. The molecule has 0 bridgehead atoms. The Morgan fingerprint density at radius 3 is 2.43 bits per heavy atom. The van der Waals surface area contributed by atoms with Crippen molar-refractivity contribution in [3.05, 3.63) is 35.4 Å². The second-order valence-electron chi connectivity index (χ2n) is 6.62. The van der Waals surface area contributed by atoms with Crippen LogP contribution in [0.1, 0.15) is 48.0 Å². The smallest absolute Gasteiger partial charge is 0.254 e. The Kier molecular flexibility index (Phi) is 4.29. The van der Waals surface area contributed by atoms with Gasteiger partial charge in [-0.15, -0.1) is 0 Å². The molecule has 0 aromatic heterocycles. The van der Waals surface area contributed by atoms with Crippen molar-refractivity contribution < 1.29 is 4.79 Å². The van der Waals surface area contributed by atoms with E-state index in [4.69, 9.17) is 0 Å². The Morgan fingerprint density at radius 1 is 1.00 bits per heavy atom. The maximum absolute atomic E-state index is 12.8. The molecule has 21 heavy (non-hydrogen) atoms. The molecule has 2 fully saturated rings. The molecule has 1 aromatic carbocycles. The van der Waals surface area contributed by atoms with Gasteiger partial charge in [0.1, 0.15) is 0 Å². The standard InChI is InChI=1S/C18H26N2O/c1-14-8-10-15(11-9-14)18(21)20-13-5-7-17(20)16-6-3-4-12-19(16)2/h8-11,16-17H,3-7,12-13H2,1-2H3. The van der Waals surface area contributed by atoms with Crippen LogP contribution in [-0.4, -0.2) is 47.9 Å². The number of amides is 1. The molecule has 1 amide bonds. The topological polar surface area (TPSA) is 23.6 Å². The molecule has 3 nitrogen and oxygen atoms in total. The quantitative estimate of drug-likeness (QED) is 0.834. The molecule has 2 saturated heterocycles. The van der Waals surface area contributed by atoms with E-state index in [0.29, 0.717) is 12.1 Å². The van der Waals surface area contributed by atoms with Crippen LogP contribution in [0.3, 0.4) is 0 Å². The van der Waals surface area contributed by atoms with Crippen molar-refractivity contribution in [2.24, 2.45) is 0 Å². The summed E-state index contributed by atoms with van der Waals surface area (Å²) in [5.41, 5.74) is 2.04. The highest BCUT2D eigenvalue weighted by molar-refractivity contribution is 5.94. The maximum atomic E-state index is 12.8. The van der Waals surface area contributed by atoms with Gasteiger partial charge in [-0.05, 0) is 58.3 Å². The van der Waals surface area contributed by atoms with E-state index in [1.165, 1.54) is 31.4 Å². The van der Waals surface area contributed by atoms with E-state index in [1.54, 1.807) is 0 Å². The van der Waals surface area contributed by atoms with Gasteiger partial charge in [-0.25, -0.2) is 0 Å². The number of piperidine rings is 1. The second-order valence-corrected chi connectivity index (χ2v) is 6.62. The monoisotopic (exact) mass is 286 g/mol. The van der Waals surface area contributed by atoms with E-state index >= 15 is 0 Å². The average molecular weight is 286 g/mol. The normalized spacial score (nSPS) is 27.0. The van der Waals surface area contributed by atoms with E-state index in [1.807, 2.05) is 24.3 Å². The van der Waals surface area contributed by atoms with Gasteiger partial charge in [-0.2, -0.15) is 0 Å². The Labute approximate surface area is 127 Å². The summed E-state index contributed by atoms with van der Waals surface area (Å²) in [6.07, 6.45) is 6.14. The van der Waals surface area contributed by atoms with Crippen molar-refractivity contribution in [1.29, 1.82) is 0 Å². The van der Waals surface area contributed by atoms with Crippen LogP contribution >= 0.6 is 0 Å². The molecule has 2 unspecified atom stereocenters. The molecule has 114 valence electrons. The Balaban J connectivity index is 1.76. The van der Waals surface area contributed by atoms with Crippen molar-refractivity contribution in [2.45, 2.75) is 51.1 Å². The highest BCUT2D eigenvalue weighted by Gasteiger charge is 2.37. The fourth-order valence-electron chi connectivity index (χ4n) is 3.89. The fourth-order valence-corrected chi connectivity index (χ4v) is 3.89. The lowest BCUT2D eigenvalue weighted by molar-refractivity contribution is 0.0569. The molecule has 0 N–H and O–H groups in total. The largest absolute Gasteiger partial charge is 0.334 e. The average Bonchev–Trinajstić information content (AvgIpc) is 2.97. The van der Waals surface area contributed by atoms with Crippen LogP contribution in [-0.2, 0) is 0 Å². The molecule has 2 aliphatic rings. The van der Waals surface area contributed by atoms with E-state index in [2.05, 4.69) is 23.8 Å². The molecule has 0 radical (unpaired) electrons. The zero-order chi connectivity index (χ0) is 14.8. The van der Waals surface area contributed by atoms with Gasteiger partial charge in [0.2, 0.25) is 0 Å². The highest BCUT2D eigenvalue weighted by atomic mass is 16.2. The van der Waals surface area contributed by atoms with Crippen molar-refractivity contribution in [3.8, 4) is 0 Å². The SMILES string of the molecule is Cc1ccc(C(=O)N2CCCC2C2CCCCN2C)cc1. The van der Waals surface area contributed by atoms with Gasteiger partial charge in [-0.1, -0.05) is 24.1 Å². The second kappa shape index (κ2) is 6.18. The molecule has 3 rings (SSSR count). The first-order valence-corrected chi connectivity index (χ1v) is 8.24. The molecule has 0 aliphatic carbocycles. The van der Waals surface area contributed by atoms with Gasteiger partial charge in [0.25, 0.3) is 5.91 Å². The predicted octanol–water partition coefficient (Wildman–Crippen LogP) is 3.08. The lowest BCUT2D eigenvalue weighted by Crippen LogP contribution is -2.51. The molecular weight excluding hydrogens is 260 g/mol. The molecule has 3 heteroatoms. The lowest BCUT2D eigenvalue weighted by atomic mass is 9.94. The molecule has 1 aromatic rings. The number of likely N-dealkylation sites (tertiary alicyclic amines) is 2. The minimum atomic E-state index is 0.219. The van der Waals surface area contributed by atoms with E-state index in [9.17, 15) is 4.79 Å². The minimum Gasteiger partial charge on any atom is -0.334 e. The number of likely N-dealkylation sites (N-methyl/N-ethyl adjacent to an activating group) is 1. The molecule has 0 spiro atoms. The first kappa shape index (κ1) is 14.6. The Bertz CT molecular complexity index is 496. The van der Waals surface area contributed by atoms with Crippen LogP contribution in [0.25, 0.3) is 0 Å². The Hall–Kier alpha value is -1.35. The molecule has 0 saturated carbocycles. The third kappa shape index (κ3) is 2.98. The number of benzene rings is 1. The lowest BCUT2D eigenvalue weighted by Gasteiger charge is -2.40. The van der Waals surface area contributed by atoms with E-state index < -0.39 is 0 Å².